The Morgan fingerprint density at radius 1 is 1.30 bits per heavy atom. The second kappa shape index (κ2) is 5.89. The van der Waals surface area contributed by atoms with Crippen LogP contribution < -0.4 is 5.32 Å². The quantitative estimate of drug-likeness (QED) is 0.773. The molecule has 23 heavy (non-hydrogen) atoms. The molecule has 7 heteroatoms. The number of halogens is 1. The normalized spacial score (nSPS) is 10.8. The van der Waals surface area contributed by atoms with Crippen LogP contribution in [0.2, 0.25) is 5.02 Å². The fourth-order valence-corrected chi connectivity index (χ4v) is 2.56. The Balaban J connectivity index is 1.84. The van der Waals surface area contributed by atoms with E-state index in [9.17, 15) is 4.79 Å². The summed E-state index contributed by atoms with van der Waals surface area (Å²) in [4.78, 5) is 12.4. The molecule has 0 atom stereocenters. The van der Waals surface area contributed by atoms with Crippen LogP contribution in [0.3, 0.4) is 0 Å². The number of H-pyrrole nitrogens is 1. The van der Waals surface area contributed by atoms with Gasteiger partial charge in [0.25, 0.3) is 5.91 Å². The highest BCUT2D eigenvalue weighted by Crippen LogP contribution is 2.23. The van der Waals surface area contributed by atoms with Gasteiger partial charge in [-0.1, -0.05) is 23.7 Å². The van der Waals surface area contributed by atoms with Crippen LogP contribution in [-0.2, 0) is 7.05 Å². The third kappa shape index (κ3) is 2.98. The lowest BCUT2D eigenvalue weighted by Gasteiger charge is -2.03. The van der Waals surface area contributed by atoms with Crippen LogP contribution in [0.25, 0.3) is 11.3 Å². The van der Waals surface area contributed by atoms with E-state index in [4.69, 9.17) is 11.6 Å². The summed E-state index contributed by atoms with van der Waals surface area (Å²) >= 11 is 5.98. The Kier molecular flexibility index (Phi) is 3.92. The lowest BCUT2D eigenvalue weighted by Crippen LogP contribution is -2.13. The topological polar surface area (TPSA) is 75.6 Å². The second-order valence-corrected chi connectivity index (χ2v) is 5.74. The number of hydrogen-bond acceptors (Lipinski definition) is 3. The maximum atomic E-state index is 12.4. The number of aryl methyl sites for hydroxylation is 2. The number of aromatic amines is 1. The van der Waals surface area contributed by atoms with Crippen LogP contribution in [0.5, 0.6) is 0 Å². The summed E-state index contributed by atoms with van der Waals surface area (Å²) in [6, 6.07) is 9.02. The molecule has 0 aliphatic heterocycles. The van der Waals surface area contributed by atoms with Gasteiger partial charge in [-0.3, -0.25) is 14.6 Å². The molecular formula is C16H16ClN5O. The zero-order valence-electron chi connectivity index (χ0n) is 13.0. The Hall–Kier alpha value is -2.60. The van der Waals surface area contributed by atoms with Crippen molar-refractivity contribution in [2.75, 3.05) is 5.32 Å². The molecule has 0 unspecified atom stereocenters. The number of nitrogens with one attached hydrogen (secondary N) is 2. The van der Waals surface area contributed by atoms with Crippen LogP contribution in [-0.4, -0.2) is 25.9 Å². The van der Waals surface area contributed by atoms with Gasteiger partial charge in [0.05, 0.1) is 22.8 Å². The summed E-state index contributed by atoms with van der Waals surface area (Å²) in [6.07, 6.45) is 0. The number of amides is 1. The highest BCUT2D eigenvalue weighted by Gasteiger charge is 2.16. The molecule has 3 aromatic rings. The van der Waals surface area contributed by atoms with Crippen molar-refractivity contribution in [2.45, 2.75) is 13.8 Å². The maximum Gasteiger partial charge on any atom is 0.273 e. The first-order valence-electron chi connectivity index (χ1n) is 7.08. The summed E-state index contributed by atoms with van der Waals surface area (Å²) in [7, 11) is 1.84. The number of hydrogen-bond donors (Lipinski definition) is 2. The van der Waals surface area contributed by atoms with Gasteiger partial charge < -0.3 is 5.32 Å². The van der Waals surface area contributed by atoms with Crippen molar-refractivity contribution in [2.24, 2.45) is 7.05 Å². The van der Waals surface area contributed by atoms with Gasteiger partial charge in [0.1, 0.15) is 5.69 Å². The Labute approximate surface area is 138 Å². The SMILES string of the molecule is Cc1nn(C)c(C)c1NC(=O)c1cc(-c2cccc(Cl)c2)n[nH]1. The molecule has 0 spiro atoms. The molecule has 2 aromatic heterocycles. The number of carbonyl (C=O) groups excluding carboxylic acids is 1. The van der Waals surface area contributed by atoms with Crippen LogP contribution in [0.15, 0.2) is 30.3 Å². The number of benzene rings is 1. The molecule has 1 aromatic carbocycles. The monoisotopic (exact) mass is 329 g/mol. The third-order valence-corrected chi connectivity index (χ3v) is 3.93. The first-order chi connectivity index (χ1) is 11.0. The molecule has 0 aliphatic rings. The molecule has 0 aliphatic carbocycles. The lowest BCUT2D eigenvalue weighted by molar-refractivity contribution is 0.102. The predicted octanol–water partition coefficient (Wildman–Crippen LogP) is 3.33. The number of nitrogens with zero attached hydrogens (tertiary/aromatic N) is 3. The van der Waals surface area contributed by atoms with E-state index in [1.165, 1.54) is 0 Å². The van der Waals surface area contributed by atoms with Gasteiger partial charge in [-0.2, -0.15) is 10.2 Å². The zero-order chi connectivity index (χ0) is 16.6. The average molecular weight is 330 g/mol. The molecule has 0 radical (unpaired) electrons. The van der Waals surface area contributed by atoms with Crippen molar-refractivity contribution in [3.63, 3.8) is 0 Å². The molecule has 3 rings (SSSR count). The van der Waals surface area contributed by atoms with Gasteiger partial charge in [0.2, 0.25) is 0 Å². The summed E-state index contributed by atoms with van der Waals surface area (Å²) in [5, 5.41) is 14.7. The third-order valence-electron chi connectivity index (χ3n) is 3.69. The van der Waals surface area contributed by atoms with Gasteiger partial charge in [-0.25, -0.2) is 0 Å². The smallest absolute Gasteiger partial charge is 0.273 e. The molecule has 6 nitrogen and oxygen atoms in total. The first kappa shape index (κ1) is 15.3. The van der Waals surface area contributed by atoms with E-state index in [-0.39, 0.29) is 5.91 Å². The van der Waals surface area contributed by atoms with Gasteiger partial charge in [0, 0.05) is 17.6 Å². The highest BCUT2D eigenvalue weighted by molar-refractivity contribution is 6.30. The fraction of sp³-hybridized carbons (Fsp3) is 0.188. The van der Waals surface area contributed by atoms with Crippen molar-refractivity contribution in [3.05, 3.63) is 52.4 Å². The van der Waals surface area contributed by atoms with E-state index >= 15 is 0 Å². The molecular weight excluding hydrogens is 314 g/mol. The summed E-state index contributed by atoms with van der Waals surface area (Å²) in [6.45, 7) is 3.76. The van der Waals surface area contributed by atoms with Crippen LogP contribution in [0.4, 0.5) is 5.69 Å². The van der Waals surface area contributed by atoms with Gasteiger partial charge in [0.15, 0.2) is 0 Å². The molecule has 2 heterocycles. The molecule has 2 N–H and O–H groups in total. The summed E-state index contributed by atoms with van der Waals surface area (Å²) in [5.74, 6) is -0.259. The zero-order valence-corrected chi connectivity index (χ0v) is 13.8. The average Bonchev–Trinajstić information content (AvgIpc) is 3.09. The molecule has 0 saturated carbocycles. The second-order valence-electron chi connectivity index (χ2n) is 5.30. The van der Waals surface area contributed by atoms with E-state index in [0.717, 1.165) is 22.6 Å². The van der Waals surface area contributed by atoms with Crippen molar-refractivity contribution in [1.29, 1.82) is 0 Å². The molecule has 0 bridgehead atoms. The van der Waals surface area contributed by atoms with E-state index in [2.05, 4.69) is 20.6 Å². The first-order valence-corrected chi connectivity index (χ1v) is 7.46. The van der Waals surface area contributed by atoms with Crippen LogP contribution in [0, 0.1) is 13.8 Å². The number of rotatable bonds is 3. The van der Waals surface area contributed by atoms with Crippen molar-refractivity contribution in [1.82, 2.24) is 20.0 Å². The standard InChI is InChI=1S/C16H16ClN5O/c1-9-15(10(2)22(3)21-9)18-16(23)14-8-13(19-20-14)11-5-4-6-12(17)7-11/h4-8H,1-3H3,(H,18,23)(H,19,20). The summed E-state index contributed by atoms with van der Waals surface area (Å²) in [5.41, 5.74) is 4.27. The van der Waals surface area contributed by atoms with Gasteiger partial charge in [-0.05, 0) is 32.0 Å². The van der Waals surface area contributed by atoms with E-state index in [0.29, 0.717) is 16.4 Å². The highest BCUT2D eigenvalue weighted by atomic mass is 35.5. The van der Waals surface area contributed by atoms with E-state index in [1.54, 1.807) is 22.9 Å². The maximum absolute atomic E-state index is 12.4. The van der Waals surface area contributed by atoms with Crippen molar-refractivity contribution < 1.29 is 4.79 Å². The van der Waals surface area contributed by atoms with Crippen LogP contribution in [0.1, 0.15) is 21.9 Å². The molecule has 118 valence electrons. The minimum Gasteiger partial charge on any atom is -0.318 e. The number of carbonyl (C=O) groups is 1. The molecule has 0 saturated heterocycles. The fourth-order valence-electron chi connectivity index (χ4n) is 2.37. The van der Waals surface area contributed by atoms with Gasteiger partial charge >= 0.3 is 0 Å². The minimum absolute atomic E-state index is 0.259. The minimum atomic E-state index is -0.259. The predicted molar refractivity (Wildman–Crippen MR) is 89.7 cm³/mol. The lowest BCUT2D eigenvalue weighted by atomic mass is 10.1. The summed E-state index contributed by atoms with van der Waals surface area (Å²) < 4.78 is 1.73. The van der Waals surface area contributed by atoms with Gasteiger partial charge in [-0.15, -0.1) is 0 Å². The van der Waals surface area contributed by atoms with E-state index < -0.39 is 0 Å². The number of anilines is 1. The Morgan fingerprint density at radius 3 is 2.74 bits per heavy atom. The van der Waals surface area contributed by atoms with Crippen LogP contribution >= 0.6 is 11.6 Å². The Bertz CT molecular complexity index is 880. The van der Waals surface area contributed by atoms with E-state index in [1.807, 2.05) is 33.0 Å². The van der Waals surface area contributed by atoms with Crippen molar-refractivity contribution >= 4 is 23.2 Å². The molecule has 0 fully saturated rings. The Morgan fingerprint density at radius 2 is 2.09 bits per heavy atom. The van der Waals surface area contributed by atoms with Crippen molar-refractivity contribution in [3.8, 4) is 11.3 Å². The number of aromatic nitrogens is 4. The largest absolute Gasteiger partial charge is 0.318 e. The molecule has 1 amide bonds.